The molecule has 2 aliphatic rings. The number of nitrogens with two attached hydrogens (primary N) is 1. The molecule has 0 aliphatic carbocycles. The van der Waals surface area contributed by atoms with Crippen molar-refractivity contribution in [1.82, 2.24) is 9.97 Å². The van der Waals surface area contributed by atoms with Gasteiger partial charge in [-0.3, -0.25) is 0 Å². The van der Waals surface area contributed by atoms with Gasteiger partial charge in [0.25, 0.3) is 0 Å². The fourth-order valence-electron chi connectivity index (χ4n) is 2.91. The van der Waals surface area contributed by atoms with Gasteiger partial charge in [0.1, 0.15) is 11.6 Å². The molecule has 2 fully saturated rings. The molecule has 4 rings (SSSR count). The summed E-state index contributed by atoms with van der Waals surface area (Å²) in [6, 6.07) is 2.55. The third-order valence-corrected chi connectivity index (χ3v) is 5.91. The second-order valence-corrected chi connectivity index (χ2v) is 8.63. The van der Waals surface area contributed by atoms with Crippen LogP contribution in [0.5, 0.6) is 0 Å². The minimum Gasteiger partial charge on any atom is -0.464 e. The van der Waals surface area contributed by atoms with Crippen LogP contribution in [0.25, 0.3) is 0 Å². The third-order valence-electron chi connectivity index (χ3n) is 5.08. The Kier molecular flexibility index (Phi) is 12.4. The molecular weight excluding hydrogens is 579 g/mol. The number of halogens is 3. The second kappa shape index (κ2) is 15.0. The highest BCUT2D eigenvalue weighted by Gasteiger charge is 2.20. The number of methoxy groups -OCH3 is 2. The lowest BCUT2D eigenvalue weighted by Crippen LogP contribution is -2.33. The molecule has 0 radical (unpaired) electrons. The van der Waals surface area contributed by atoms with Crippen LogP contribution in [0.1, 0.15) is 45.8 Å². The standard InChI is InChI=1S/C12H14FNO3.C7H5FINO2.C4H9NO/c1-16-12(15)11-8(6-9(13)7-14-11)2-3-10-4-5-17-10;1-12-7(11)6-5(9)2-4(8)3-10-6;5-3-4-1-2-6-4/h6-7,10H,2-5H2,1H3;2-3H,1H3;4H,1-3,5H2. The van der Waals surface area contributed by atoms with E-state index in [9.17, 15) is 18.4 Å². The molecule has 35 heavy (non-hydrogen) atoms. The van der Waals surface area contributed by atoms with Crippen molar-refractivity contribution in [3.05, 3.63) is 56.7 Å². The van der Waals surface area contributed by atoms with E-state index in [2.05, 4.69) is 19.4 Å². The Hall–Kier alpha value is -2.29. The Morgan fingerprint density at radius 2 is 1.51 bits per heavy atom. The summed E-state index contributed by atoms with van der Waals surface area (Å²) in [6.07, 6.45) is 6.15. The van der Waals surface area contributed by atoms with E-state index in [0.29, 0.717) is 28.2 Å². The number of aromatic nitrogens is 2. The maximum Gasteiger partial charge on any atom is 0.357 e. The third kappa shape index (κ3) is 9.35. The molecule has 0 spiro atoms. The molecule has 4 heterocycles. The van der Waals surface area contributed by atoms with Crippen LogP contribution in [0.3, 0.4) is 0 Å². The number of esters is 2. The van der Waals surface area contributed by atoms with Gasteiger partial charge in [-0.2, -0.15) is 0 Å². The molecule has 2 aromatic heterocycles. The Labute approximate surface area is 215 Å². The first-order valence-electron chi connectivity index (χ1n) is 10.8. The van der Waals surface area contributed by atoms with Crippen LogP contribution in [-0.2, 0) is 25.4 Å². The Morgan fingerprint density at radius 3 is 1.94 bits per heavy atom. The predicted octanol–water partition coefficient (Wildman–Crippen LogP) is 3.07. The fraction of sp³-hybridized carbons (Fsp3) is 0.478. The quantitative estimate of drug-likeness (QED) is 0.390. The number of hydrogen-bond acceptors (Lipinski definition) is 9. The van der Waals surface area contributed by atoms with Gasteiger partial charge in [-0.25, -0.2) is 28.3 Å². The van der Waals surface area contributed by atoms with E-state index in [-0.39, 0.29) is 17.5 Å². The van der Waals surface area contributed by atoms with Crippen molar-refractivity contribution in [1.29, 1.82) is 0 Å². The Balaban J connectivity index is 0.000000207. The molecule has 2 aromatic rings. The molecule has 2 aliphatic heterocycles. The van der Waals surface area contributed by atoms with Gasteiger partial charge in [-0.05, 0) is 66.0 Å². The summed E-state index contributed by atoms with van der Waals surface area (Å²) < 4.78 is 45.3. The summed E-state index contributed by atoms with van der Waals surface area (Å²) in [5.74, 6) is -2.00. The van der Waals surface area contributed by atoms with E-state index in [0.717, 1.165) is 44.9 Å². The van der Waals surface area contributed by atoms with Crippen molar-refractivity contribution >= 4 is 34.5 Å². The van der Waals surface area contributed by atoms with Gasteiger partial charge in [0.2, 0.25) is 0 Å². The van der Waals surface area contributed by atoms with E-state index in [1.54, 1.807) is 0 Å². The molecule has 0 bridgehead atoms. The van der Waals surface area contributed by atoms with Crippen LogP contribution in [0, 0.1) is 15.2 Å². The van der Waals surface area contributed by atoms with Crippen LogP contribution in [0.2, 0.25) is 0 Å². The average Bonchev–Trinajstić information content (AvgIpc) is 2.77. The van der Waals surface area contributed by atoms with Gasteiger partial charge in [0.15, 0.2) is 11.4 Å². The zero-order chi connectivity index (χ0) is 25.8. The van der Waals surface area contributed by atoms with Gasteiger partial charge >= 0.3 is 11.9 Å². The van der Waals surface area contributed by atoms with E-state index in [1.165, 1.54) is 26.4 Å². The van der Waals surface area contributed by atoms with Crippen molar-refractivity contribution in [2.24, 2.45) is 5.73 Å². The van der Waals surface area contributed by atoms with Crippen molar-refractivity contribution < 1.29 is 37.3 Å². The highest BCUT2D eigenvalue weighted by Crippen LogP contribution is 2.19. The number of carbonyl (C=O) groups is 2. The first-order valence-corrected chi connectivity index (χ1v) is 11.9. The molecule has 192 valence electrons. The fourth-order valence-corrected chi connectivity index (χ4v) is 3.57. The SMILES string of the molecule is COC(=O)c1ncc(F)cc1CCC1CCO1.COC(=O)c1ncc(F)cc1I.NCC1CCO1. The van der Waals surface area contributed by atoms with Gasteiger partial charge < -0.3 is 24.7 Å². The minimum atomic E-state index is -0.556. The predicted molar refractivity (Wildman–Crippen MR) is 130 cm³/mol. The molecule has 9 nitrogen and oxygen atoms in total. The summed E-state index contributed by atoms with van der Waals surface area (Å²) in [5.41, 5.74) is 6.11. The van der Waals surface area contributed by atoms with Gasteiger partial charge in [0, 0.05) is 23.3 Å². The van der Waals surface area contributed by atoms with Gasteiger partial charge in [0.05, 0.1) is 38.8 Å². The molecule has 2 saturated heterocycles. The van der Waals surface area contributed by atoms with Crippen molar-refractivity contribution in [3.63, 3.8) is 0 Å². The Bertz CT molecular complexity index is 987. The summed E-state index contributed by atoms with van der Waals surface area (Å²) in [6.45, 7) is 2.40. The molecule has 12 heteroatoms. The van der Waals surface area contributed by atoms with Crippen molar-refractivity contribution in [2.75, 3.05) is 34.0 Å². The van der Waals surface area contributed by atoms with Crippen molar-refractivity contribution in [3.8, 4) is 0 Å². The van der Waals surface area contributed by atoms with Crippen molar-refractivity contribution in [2.45, 2.75) is 37.9 Å². The van der Waals surface area contributed by atoms with E-state index in [1.807, 2.05) is 22.6 Å². The Morgan fingerprint density at radius 1 is 1.00 bits per heavy atom. The minimum absolute atomic E-state index is 0.138. The summed E-state index contributed by atoms with van der Waals surface area (Å²) >= 11 is 1.82. The van der Waals surface area contributed by atoms with E-state index >= 15 is 0 Å². The van der Waals surface area contributed by atoms with Gasteiger partial charge in [-0.1, -0.05) is 0 Å². The first-order chi connectivity index (χ1) is 16.8. The lowest BCUT2D eigenvalue weighted by atomic mass is 10.0. The van der Waals surface area contributed by atoms with Crippen LogP contribution in [0.4, 0.5) is 8.78 Å². The number of carbonyl (C=O) groups excluding carboxylic acids is 2. The zero-order valence-corrected chi connectivity index (χ0v) is 21.6. The zero-order valence-electron chi connectivity index (χ0n) is 19.5. The number of pyridine rings is 2. The summed E-state index contributed by atoms with van der Waals surface area (Å²) in [5, 5.41) is 0. The molecule has 2 unspecified atom stereocenters. The second-order valence-electron chi connectivity index (χ2n) is 7.47. The number of ether oxygens (including phenoxy) is 4. The smallest absolute Gasteiger partial charge is 0.357 e. The monoisotopic (exact) mass is 607 g/mol. The molecule has 0 amide bonds. The molecular formula is C23H28F2IN3O6. The highest BCUT2D eigenvalue weighted by atomic mass is 127. The largest absolute Gasteiger partial charge is 0.464 e. The summed E-state index contributed by atoms with van der Waals surface area (Å²) in [7, 11) is 2.54. The number of nitrogens with zero attached hydrogens (tertiary/aromatic N) is 2. The number of rotatable bonds is 6. The lowest BCUT2D eigenvalue weighted by molar-refractivity contribution is -0.0542. The summed E-state index contributed by atoms with van der Waals surface area (Å²) in [4.78, 5) is 29.7. The maximum atomic E-state index is 13.1. The van der Waals surface area contributed by atoms with Gasteiger partial charge in [-0.15, -0.1) is 0 Å². The lowest BCUT2D eigenvalue weighted by Gasteiger charge is -2.26. The van der Waals surface area contributed by atoms with E-state index in [4.69, 9.17) is 15.2 Å². The van der Waals surface area contributed by atoms with Crippen LogP contribution in [0.15, 0.2) is 24.5 Å². The molecule has 2 atom stereocenters. The average molecular weight is 607 g/mol. The molecule has 2 N–H and O–H groups in total. The normalized spacial score (nSPS) is 17.9. The maximum absolute atomic E-state index is 13.1. The number of aryl methyl sites for hydroxylation is 1. The van der Waals surface area contributed by atoms with Crippen LogP contribution in [-0.4, -0.2) is 68.1 Å². The van der Waals surface area contributed by atoms with Crippen LogP contribution >= 0.6 is 22.6 Å². The number of hydrogen-bond donors (Lipinski definition) is 1. The molecule has 0 aromatic carbocycles. The van der Waals surface area contributed by atoms with Crippen LogP contribution < -0.4 is 5.73 Å². The molecule has 0 saturated carbocycles. The first kappa shape index (κ1) is 28.9. The highest BCUT2D eigenvalue weighted by molar-refractivity contribution is 14.1. The van der Waals surface area contributed by atoms with E-state index < -0.39 is 23.6 Å². The topological polar surface area (TPSA) is 123 Å².